The number of nitrogens with zero attached hydrogens (tertiary/aromatic N) is 2. The van der Waals surface area contributed by atoms with Crippen LogP contribution in [0.2, 0.25) is 0 Å². The summed E-state index contributed by atoms with van der Waals surface area (Å²) in [6.07, 6.45) is 8.96. The number of aromatic nitrogens is 1. The molecular formula is C24H36N4O2. The number of hydrogen-bond donors (Lipinski definition) is 2. The summed E-state index contributed by atoms with van der Waals surface area (Å²) in [4.78, 5) is 21.2. The van der Waals surface area contributed by atoms with Gasteiger partial charge in [0.25, 0.3) is 5.91 Å². The van der Waals surface area contributed by atoms with Crippen LogP contribution in [0.1, 0.15) is 55.4 Å². The van der Waals surface area contributed by atoms with Gasteiger partial charge in [0.05, 0.1) is 7.11 Å². The zero-order valence-corrected chi connectivity index (χ0v) is 18.3. The largest absolute Gasteiger partial charge is 0.496 e. The van der Waals surface area contributed by atoms with Crippen LogP contribution in [0, 0.1) is 0 Å². The lowest BCUT2D eigenvalue weighted by molar-refractivity contribution is 0.0902. The highest BCUT2D eigenvalue weighted by molar-refractivity contribution is 5.99. The van der Waals surface area contributed by atoms with Crippen molar-refractivity contribution in [2.24, 2.45) is 0 Å². The molecule has 164 valence electrons. The fourth-order valence-electron chi connectivity index (χ4n) is 4.81. The Hall–Kier alpha value is -2.05. The van der Waals surface area contributed by atoms with E-state index in [0.717, 1.165) is 49.1 Å². The number of likely N-dealkylation sites (tertiary alicyclic amines) is 2. The van der Waals surface area contributed by atoms with E-state index in [9.17, 15) is 4.79 Å². The lowest BCUT2D eigenvalue weighted by atomic mass is 10.0. The Morgan fingerprint density at radius 3 is 2.40 bits per heavy atom. The molecule has 2 aromatic rings. The maximum Gasteiger partial charge on any atom is 0.267 e. The standard InChI is InChI=1S/C24H36N4O2/c1-30-23-9-7-8-21-20(23)18-22(26-21)24(29)25-19-10-14-28(15-11-19)17-16-27-12-5-3-2-4-6-13-27/h7-9,18-19,26H,2-6,10-17H2,1H3,(H,25,29). The molecule has 0 atom stereocenters. The summed E-state index contributed by atoms with van der Waals surface area (Å²) in [5.74, 6) is 0.767. The topological polar surface area (TPSA) is 60.6 Å². The minimum Gasteiger partial charge on any atom is -0.496 e. The molecule has 1 aromatic carbocycles. The lowest BCUT2D eigenvalue weighted by Crippen LogP contribution is -2.46. The summed E-state index contributed by atoms with van der Waals surface area (Å²) in [5.41, 5.74) is 1.53. The molecular weight excluding hydrogens is 376 g/mol. The number of nitrogens with one attached hydrogen (secondary N) is 2. The first-order valence-electron chi connectivity index (χ1n) is 11.6. The van der Waals surface area contributed by atoms with Crippen LogP contribution in [-0.4, -0.2) is 73.1 Å². The second-order valence-corrected chi connectivity index (χ2v) is 8.80. The first kappa shape index (κ1) is 21.2. The average Bonchev–Trinajstić information content (AvgIpc) is 3.19. The van der Waals surface area contributed by atoms with Crippen molar-refractivity contribution in [1.29, 1.82) is 0 Å². The third-order valence-corrected chi connectivity index (χ3v) is 6.69. The molecule has 2 aliphatic heterocycles. The second-order valence-electron chi connectivity index (χ2n) is 8.80. The van der Waals surface area contributed by atoms with Crippen molar-refractivity contribution in [2.45, 2.75) is 51.0 Å². The molecule has 0 unspecified atom stereocenters. The number of ether oxygens (including phenoxy) is 1. The van der Waals surface area contributed by atoms with Crippen molar-refractivity contribution in [3.05, 3.63) is 30.0 Å². The molecule has 0 aliphatic carbocycles. The number of fused-ring (bicyclic) bond motifs is 1. The summed E-state index contributed by atoms with van der Waals surface area (Å²) < 4.78 is 5.40. The van der Waals surface area contributed by atoms with Gasteiger partial charge in [0.1, 0.15) is 11.4 Å². The minimum absolute atomic E-state index is 0.0210. The van der Waals surface area contributed by atoms with Crippen molar-refractivity contribution in [3.8, 4) is 5.75 Å². The first-order valence-corrected chi connectivity index (χ1v) is 11.6. The zero-order chi connectivity index (χ0) is 20.8. The van der Waals surface area contributed by atoms with Crippen LogP contribution >= 0.6 is 0 Å². The molecule has 4 rings (SSSR count). The molecule has 2 aliphatic rings. The van der Waals surface area contributed by atoms with E-state index in [4.69, 9.17) is 4.74 Å². The van der Waals surface area contributed by atoms with Gasteiger partial charge < -0.3 is 24.8 Å². The Balaban J connectivity index is 1.23. The van der Waals surface area contributed by atoms with Crippen LogP contribution in [0.25, 0.3) is 10.9 Å². The number of benzene rings is 1. The van der Waals surface area contributed by atoms with Crippen molar-refractivity contribution in [2.75, 3.05) is 46.4 Å². The van der Waals surface area contributed by atoms with Crippen molar-refractivity contribution >= 4 is 16.8 Å². The fraction of sp³-hybridized carbons (Fsp3) is 0.625. The first-order chi connectivity index (χ1) is 14.7. The second kappa shape index (κ2) is 10.3. The van der Waals surface area contributed by atoms with E-state index in [0.29, 0.717) is 5.69 Å². The maximum absolute atomic E-state index is 12.8. The van der Waals surface area contributed by atoms with Crippen LogP contribution in [0.3, 0.4) is 0 Å². The van der Waals surface area contributed by atoms with E-state index < -0.39 is 0 Å². The van der Waals surface area contributed by atoms with Gasteiger partial charge in [-0.05, 0) is 57.0 Å². The van der Waals surface area contributed by atoms with Crippen LogP contribution in [0.15, 0.2) is 24.3 Å². The fourth-order valence-corrected chi connectivity index (χ4v) is 4.81. The average molecular weight is 413 g/mol. The Labute approximate surface area is 179 Å². The van der Waals surface area contributed by atoms with Gasteiger partial charge in [-0.1, -0.05) is 25.3 Å². The molecule has 1 amide bonds. The predicted molar refractivity (Wildman–Crippen MR) is 121 cm³/mol. The van der Waals surface area contributed by atoms with Gasteiger partial charge in [-0.3, -0.25) is 4.79 Å². The van der Waals surface area contributed by atoms with Crippen molar-refractivity contribution in [1.82, 2.24) is 20.1 Å². The molecule has 2 fully saturated rings. The smallest absolute Gasteiger partial charge is 0.267 e. The SMILES string of the molecule is COc1cccc2[nH]c(C(=O)NC3CCN(CCN4CCCCCCC4)CC3)cc12. The van der Waals surface area contributed by atoms with E-state index in [2.05, 4.69) is 20.1 Å². The maximum atomic E-state index is 12.8. The Kier molecular flexibility index (Phi) is 7.28. The van der Waals surface area contributed by atoms with Crippen LogP contribution < -0.4 is 10.1 Å². The number of piperidine rings is 1. The van der Waals surface area contributed by atoms with Crippen LogP contribution in [0.5, 0.6) is 5.75 Å². The number of hydrogen-bond acceptors (Lipinski definition) is 4. The molecule has 2 N–H and O–H groups in total. The Bertz CT molecular complexity index is 818. The highest BCUT2D eigenvalue weighted by Crippen LogP contribution is 2.26. The van der Waals surface area contributed by atoms with Gasteiger partial charge in [0.15, 0.2) is 0 Å². The summed E-state index contributed by atoms with van der Waals surface area (Å²) in [5, 5.41) is 4.18. The van der Waals surface area contributed by atoms with Crippen LogP contribution in [0.4, 0.5) is 0 Å². The number of aromatic amines is 1. The van der Waals surface area contributed by atoms with Gasteiger partial charge in [0, 0.05) is 43.1 Å². The third kappa shape index (κ3) is 5.35. The lowest BCUT2D eigenvalue weighted by Gasteiger charge is -2.34. The third-order valence-electron chi connectivity index (χ3n) is 6.69. The van der Waals surface area contributed by atoms with Gasteiger partial charge >= 0.3 is 0 Å². The number of amides is 1. The molecule has 30 heavy (non-hydrogen) atoms. The van der Waals surface area contributed by atoms with Gasteiger partial charge in [0.2, 0.25) is 0 Å². The van der Waals surface area contributed by atoms with Gasteiger partial charge in [-0.15, -0.1) is 0 Å². The number of carbonyl (C=O) groups excluding carboxylic acids is 1. The molecule has 1 aromatic heterocycles. The molecule has 6 heteroatoms. The Morgan fingerprint density at radius 2 is 1.70 bits per heavy atom. The summed E-state index contributed by atoms with van der Waals surface area (Å²) >= 11 is 0. The summed E-state index contributed by atoms with van der Waals surface area (Å²) in [7, 11) is 1.66. The molecule has 0 bridgehead atoms. The highest BCUT2D eigenvalue weighted by Gasteiger charge is 2.22. The van der Waals surface area contributed by atoms with E-state index >= 15 is 0 Å². The number of methoxy groups -OCH3 is 1. The van der Waals surface area contributed by atoms with E-state index in [1.807, 2.05) is 24.3 Å². The molecule has 6 nitrogen and oxygen atoms in total. The summed E-state index contributed by atoms with van der Waals surface area (Å²) in [6, 6.07) is 7.97. The van der Waals surface area contributed by atoms with Crippen molar-refractivity contribution in [3.63, 3.8) is 0 Å². The minimum atomic E-state index is -0.0210. The highest BCUT2D eigenvalue weighted by atomic mass is 16.5. The monoisotopic (exact) mass is 412 g/mol. The normalized spacial score (nSPS) is 20.0. The van der Waals surface area contributed by atoms with Gasteiger partial charge in [-0.2, -0.15) is 0 Å². The molecule has 0 saturated carbocycles. The van der Waals surface area contributed by atoms with Gasteiger partial charge in [-0.25, -0.2) is 0 Å². The number of carbonyl (C=O) groups is 1. The predicted octanol–water partition coefficient (Wildman–Crippen LogP) is 3.64. The van der Waals surface area contributed by atoms with Crippen LogP contribution in [-0.2, 0) is 0 Å². The van der Waals surface area contributed by atoms with E-state index in [1.165, 1.54) is 51.7 Å². The number of H-pyrrole nitrogens is 1. The molecule has 0 spiro atoms. The van der Waals surface area contributed by atoms with E-state index in [1.54, 1.807) is 7.11 Å². The molecule has 3 heterocycles. The van der Waals surface area contributed by atoms with E-state index in [-0.39, 0.29) is 11.9 Å². The molecule has 0 radical (unpaired) electrons. The van der Waals surface area contributed by atoms with Crippen molar-refractivity contribution < 1.29 is 9.53 Å². The molecule has 2 saturated heterocycles. The Morgan fingerprint density at radius 1 is 1.03 bits per heavy atom. The number of rotatable bonds is 6. The summed E-state index contributed by atoms with van der Waals surface area (Å²) in [6.45, 7) is 7.01. The quantitative estimate of drug-likeness (QED) is 0.761. The zero-order valence-electron chi connectivity index (χ0n) is 18.3.